The quantitative estimate of drug-likeness (QED) is 0.275. The summed E-state index contributed by atoms with van der Waals surface area (Å²) in [5.74, 6) is 0.106. The zero-order valence-electron chi connectivity index (χ0n) is 8.72. The van der Waals surface area contributed by atoms with Crippen LogP contribution in [0.15, 0.2) is 23.4 Å². The first kappa shape index (κ1) is 12.2. The molecular formula is C8H10ClN5O2. The minimum Gasteiger partial charge on any atom is -0.354 e. The molecule has 0 amide bonds. The predicted molar refractivity (Wildman–Crippen MR) is 61.1 cm³/mol. The van der Waals surface area contributed by atoms with Gasteiger partial charge in [-0.05, 0) is 12.1 Å². The maximum Gasteiger partial charge on any atom is 0.275 e. The number of nitrogens with one attached hydrogen (secondary N) is 1. The second kappa shape index (κ2) is 5.26. The van der Waals surface area contributed by atoms with Gasteiger partial charge >= 0.3 is 0 Å². The molecule has 8 heteroatoms. The molecule has 0 aromatic carbocycles. The van der Waals surface area contributed by atoms with E-state index in [1.54, 1.807) is 26.2 Å². The summed E-state index contributed by atoms with van der Waals surface area (Å²) in [7, 11) is 3.17. The number of halogens is 1. The first-order valence-electron chi connectivity index (χ1n) is 4.30. The van der Waals surface area contributed by atoms with E-state index in [1.165, 1.54) is 11.1 Å². The van der Waals surface area contributed by atoms with Crippen molar-refractivity contribution in [2.24, 2.45) is 5.10 Å². The van der Waals surface area contributed by atoms with Crippen LogP contribution in [0.5, 0.6) is 0 Å². The van der Waals surface area contributed by atoms with E-state index in [-0.39, 0.29) is 5.96 Å². The van der Waals surface area contributed by atoms with Crippen LogP contribution in [0.2, 0.25) is 5.15 Å². The molecule has 1 heterocycles. The first-order valence-corrected chi connectivity index (χ1v) is 4.68. The zero-order chi connectivity index (χ0) is 12.1. The second-order valence-electron chi connectivity index (χ2n) is 2.81. The Labute approximate surface area is 96.9 Å². The van der Waals surface area contributed by atoms with E-state index < -0.39 is 5.03 Å². The smallest absolute Gasteiger partial charge is 0.275 e. The van der Waals surface area contributed by atoms with Crippen LogP contribution in [-0.4, -0.2) is 30.1 Å². The monoisotopic (exact) mass is 243 g/mol. The molecule has 0 atom stereocenters. The van der Waals surface area contributed by atoms with Crippen molar-refractivity contribution in [3.63, 3.8) is 0 Å². The van der Waals surface area contributed by atoms with Crippen molar-refractivity contribution in [3.8, 4) is 0 Å². The first-order chi connectivity index (χ1) is 7.54. The molecule has 0 aliphatic rings. The number of anilines is 1. The normalized spacial score (nSPS) is 11.1. The maximum atomic E-state index is 10.3. The van der Waals surface area contributed by atoms with Crippen LogP contribution in [0.1, 0.15) is 0 Å². The molecule has 0 unspecified atom stereocenters. The molecular weight excluding hydrogens is 234 g/mol. The third-order valence-corrected chi connectivity index (χ3v) is 2.04. The number of aromatic nitrogens is 1. The highest BCUT2D eigenvalue weighted by molar-refractivity contribution is 6.29. The molecule has 0 spiro atoms. The van der Waals surface area contributed by atoms with Gasteiger partial charge in [0.15, 0.2) is 5.03 Å². The largest absolute Gasteiger partial charge is 0.354 e. The number of hydrazone groups is 1. The number of hydrogen-bond donors (Lipinski definition) is 1. The number of rotatable bonds is 2. The van der Waals surface area contributed by atoms with Crippen LogP contribution in [0, 0.1) is 10.1 Å². The minimum absolute atomic E-state index is 0.106. The van der Waals surface area contributed by atoms with Gasteiger partial charge < -0.3 is 10.2 Å². The lowest BCUT2D eigenvalue weighted by Crippen LogP contribution is -2.37. The van der Waals surface area contributed by atoms with E-state index in [9.17, 15) is 10.1 Å². The average Bonchev–Trinajstić information content (AvgIpc) is 2.25. The molecule has 1 aromatic rings. The van der Waals surface area contributed by atoms with Gasteiger partial charge in [0.05, 0.1) is 11.9 Å². The van der Waals surface area contributed by atoms with E-state index >= 15 is 0 Å². The fraction of sp³-hybridized carbons (Fsp3) is 0.250. The summed E-state index contributed by atoms with van der Waals surface area (Å²) in [5.41, 5.74) is 0.638. The van der Waals surface area contributed by atoms with E-state index in [4.69, 9.17) is 11.6 Å². The van der Waals surface area contributed by atoms with Crippen LogP contribution in [0.25, 0.3) is 0 Å². The fourth-order valence-electron chi connectivity index (χ4n) is 1.05. The van der Waals surface area contributed by atoms with Gasteiger partial charge in [0, 0.05) is 14.1 Å². The highest BCUT2D eigenvalue weighted by Gasteiger charge is 2.11. The highest BCUT2D eigenvalue weighted by Crippen LogP contribution is 2.13. The Morgan fingerprint density at radius 2 is 2.38 bits per heavy atom. The van der Waals surface area contributed by atoms with E-state index in [0.717, 1.165) is 0 Å². The van der Waals surface area contributed by atoms with E-state index in [2.05, 4.69) is 15.4 Å². The van der Waals surface area contributed by atoms with Gasteiger partial charge in [0.25, 0.3) is 5.96 Å². The highest BCUT2D eigenvalue weighted by atomic mass is 35.5. The lowest BCUT2D eigenvalue weighted by atomic mass is 10.4. The van der Waals surface area contributed by atoms with Crippen molar-refractivity contribution >= 4 is 23.2 Å². The summed E-state index contributed by atoms with van der Waals surface area (Å²) in [6.45, 7) is 0. The maximum absolute atomic E-state index is 10.3. The summed E-state index contributed by atoms with van der Waals surface area (Å²) in [6.07, 6.45) is 1.50. The van der Waals surface area contributed by atoms with Crippen molar-refractivity contribution < 1.29 is 5.03 Å². The van der Waals surface area contributed by atoms with Gasteiger partial charge in [-0.1, -0.05) is 11.6 Å². The Hall–Kier alpha value is -1.89. The Morgan fingerprint density at radius 3 is 2.81 bits per heavy atom. The molecule has 86 valence electrons. The summed E-state index contributed by atoms with van der Waals surface area (Å²) in [4.78, 5) is 15.6. The second-order valence-corrected chi connectivity index (χ2v) is 3.20. The van der Waals surface area contributed by atoms with Crippen molar-refractivity contribution in [2.45, 2.75) is 0 Å². The lowest BCUT2D eigenvalue weighted by Gasteiger charge is -2.17. The molecule has 0 saturated carbocycles. The number of guanidine groups is 1. The molecule has 1 N–H and O–H groups in total. The van der Waals surface area contributed by atoms with E-state index in [0.29, 0.717) is 10.8 Å². The number of hydrogen-bond acceptors (Lipinski definition) is 3. The van der Waals surface area contributed by atoms with Crippen molar-refractivity contribution in [1.29, 1.82) is 0 Å². The minimum atomic E-state index is -0.772. The summed E-state index contributed by atoms with van der Waals surface area (Å²) < 4.78 is 0. The van der Waals surface area contributed by atoms with Crippen molar-refractivity contribution in [2.75, 3.05) is 19.0 Å². The van der Waals surface area contributed by atoms with Crippen LogP contribution in [-0.2, 0) is 0 Å². The Kier molecular flexibility index (Phi) is 4.01. The van der Waals surface area contributed by atoms with Gasteiger partial charge in [0.1, 0.15) is 10.3 Å². The van der Waals surface area contributed by atoms with Gasteiger partial charge in [-0.3, -0.25) is 0 Å². The van der Waals surface area contributed by atoms with Crippen LogP contribution >= 0.6 is 11.6 Å². The van der Waals surface area contributed by atoms with Crippen molar-refractivity contribution in [1.82, 2.24) is 10.3 Å². The summed E-state index contributed by atoms with van der Waals surface area (Å²) in [6, 6.07) is 3.27. The van der Waals surface area contributed by atoms with E-state index in [1.807, 2.05) is 0 Å². The third kappa shape index (κ3) is 3.06. The van der Waals surface area contributed by atoms with Gasteiger partial charge in [-0.15, -0.1) is 0 Å². The predicted octanol–water partition coefficient (Wildman–Crippen LogP) is 0.938. The van der Waals surface area contributed by atoms with Crippen LogP contribution in [0.4, 0.5) is 5.69 Å². The molecule has 16 heavy (non-hydrogen) atoms. The lowest BCUT2D eigenvalue weighted by molar-refractivity contribution is -0.485. The van der Waals surface area contributed by atoms with Crippen molar-refractivity contribution in [3.05, 3.63) is 33.6 Å². The standard InChI is InChI=1S/C8H10ClN5O2/c1-10-8(12-14(15)16)13(2)6-3-4-7(9)11-5-6/h3-5H,1-2H3,(H,10,12). The summed E-state index contributed by atoms with van der Waals surface area (Å²) in [5, 5.41) is 15.7. The number of pyridine rings is 1. The molecule has 0 aliphatic heterocycles. The Morgan fingerprint density at radius 1 is 1.69 bits per heavy atom. The number of nitrogens with zero attached hydrogens (tertiary/aromatic N) is 4. The SMILES string of the molecule is CNC(=N[N+](=O)[O-])N(C)c1ccc(Cl)nc1. The molecule has 0 bridgehead atoms. The molecule has 0 radical (unpaired) electrons. The summed E-state index contributed by atoms with van der Waals surface area (Å²) >= 11 is 5.63. The third-order valence-electron chi connectivity index (χ3n) is 1.82. The topological polar surface area (TPSA) is 83.7 Å². The molecule has 0 fully saturated rings. The average molecular weight is 244 g/mol. The zero-order valence-corrected chi connectivity index (χ0v) is 9.47. The van der Waals surface area contributed by atoms with Crippen LogP contribution < -0.4 is 10.2 Å². The number of nitro groups is 1. The molecule has 0 aliphatic carbocycles. The molecule has 7 nitrogen and oxygen atoms in total. The Balaban J connectivity index is 2.95. The molecule has 1 rings (SSSR count). The Bertz CT molecular complexity index is 405. The molecule has 1 aromatic heterocycles. The van der Waals surface area contributed by atoms with Gasteiger partial charge in [-0.25, -0.2) is 15.1 Å². The fourth-order valence-corrected chi connectivity index (χ4v) is 1.16. The van der Waals surface area contributed by atoms with Gasteiger partial charge in [-0.2, -0.15) is 0 Å². The van der Waals surface area contributed by atoms with Gasteiger partial charge in [0.2, 0.25) is 0 Å². The van der Waals surface area contributed by atoms with Crippen LogP contribution in [0.3, 0.4) is 0 Å². The molecule has 0 saturated heterocycles.